The summed E-state index contributed by atoms with van der Waals surface area (Å²) < 4.78 is 16.9. The summed E-state index contributed by atoms with van der Waals surface area (Å²) in [5.41, 5.74) is 3.47. The maximum absolute atomic E-state index is 15.3. The number of likely N-dealkylation sites (tertiary alicyclic amines) is 1. The smallest absolute Gasteiger partial charge is 0.254 e. The number of rotatable bonds is 3. The zero-order valence-electron chi connectivity index (χ0n) is 16.3. The van der Waals surface area contributed by atoms with Gasteiger partial charge in [0.1, 0.15) is 11.7 Å². The lowest BCUT2D eigenvalue weighted by atomic mass is 9.91. The van der Waals surface area contributed by atoms with Crippen LogP contribution in [0.2, 0.25) is 0 Å². The van der Waals surface area contributed by atoms with E-state index in [4.69, 9.17) is 0 Å². The lowest BCUT2D eigenvalue weighted by Gasteiger charge is -2.40. The molecule has 8 heteroatoms. The summed E-state index contributed by atoms with van der Waals surface area (Å²) in [6.45, 7) is 2.38. The molecule has 1 aliphatic heterocycles. The summed E-state index contributed by atoms with van der Waals surface area (Å²) in [4.78, 5) is 23.4. The largest absolute Gasteiger partial charge is 0.334 e. The molecular formula is C21H23FN5OP. The monoisotopic (exact) mass is 411 g/mol. The second kappa shape index (κ2) is 6.84. The van der Waals surface area contributed by atoms with E-state index in [2.05, 4.69) is 30.4 Å². The highest BCUT2D eigenvalue weighted by molar-refractivity contribution is 7.18. The Morgan fingerprint density at radius 1 is 1.28 bits per heavy atom. The van der Waals surface area contributed by atoms with Crippen molar-refractivity contribution in [1.29, 1.82) is 0 Å². The van der Waals surface area contributed by atoms with Crippen molar-refractivity contribution >= 4 is 20.9 Å². The Morgan fingerprint density at radius 3 is 2.90 bits per heavy atom. The zero-order valence-corrected chi connectivity index (χ0v) is 17.4. The molecule has 0 radical (unpaired) electrons. The average Bonchev–Trinajstić information content (AvgIpc) is 3.44. The van der Waals surface area contributed by atoms with Crippen molar-refractivity contribution in [1.82, 2.24) is 24.5 Å². The van der Waals surface area contributed by atoms with Crippen LogP contribution >= 0.6 is 9.24 Å². The van der Waals surface area contributed by atoms with Crippen molar-refractivity contribution in [2.45, 2.75) is 43.4 Å². The molecule has 1 saturated heterocycles. The SMILES string of the molecule is Cc1cc([C@@H]2CN(C(=O)c3cccc(C4CC4)c3)CC(F)(P)C2)n2ncnc2n1. The third-order valence-electron chi connectivity index (χ3n) is 5.78. The number of hydrogen-bond donors (Lipinski definition) is 0. The third-order valence-corrected chi connectivity index (χ3v) is 6.19. The Hall–Kier alpha value is -2.40. The van der Waals surface area contributed by atoms with Crippen LogP contribution in [-0.2, 0) is 0 Å². The van der Waals surface area contributed by atoms with Crippen molar-refractivity contribution in [2.24, 2.45) is 0 Å². The summed E-state index contributed by atoms with van der Waals surface area (Å²) >= 11 is 0. The molecule has 3 atom stereocenters. The molecule has 1 aliphatic carbocycles. The summed E-state index contributed by atoms with van der Waals surface area (Å²) in [7, 11) is 2.30. The van der Waals surface area contributed by atoms with Gasteiger partial charge in [0.05, 0.1) is 12.2 Å². The standard InChI is InChI=1S/C21H23FN5OP/c1-13-7-18(27-20(25-13)23-12-24-27)17-9-21(22,29)11-26(10-17)19(28)16-4-2-3-15(8-16)14-5-6-14/h2-4,7-8,12,14,17H,5-6,9-11,29H2,1H3/t17-,21?/m0/s1. The van der Waals surface area contributed by atoms with Crippen LogP contribution in [0.15, 0.2) is 36.7 Å². The van der Waals surface area contributed by atoms with Crippen molar-refractivity contribution in [3.8, 4) is 0 Å². The van der Waals surface area contributed by atoms with E-state index in [0.29, 0.717) is 30.2 Å². The Bertz CT molecular complexity index is 1090. The number of carbonyl (C=O) groups is 1. The number of piperidine rings is 1. The van der Waals surface area contributed by atoms with Crippen LogP contribution in [0, 0.1) is 6.92 Å². The minimum Gasteiger partial charge on any atom is -0.334 e. The average molecular weight is 411 g/mol. The molecule has 2 aliphatic rings. The first-order valence-electron chi connectivity index (χ1n) is 9.94. The third kappa shape index (κ3) is 3.64. The molecule has 5 rings (SSSR count). The van der Waals surface area contributed by atoms with E-state index in [9.17, 15) is 4.79 Å². The van der Waals surface area contributed by atoms with Gasteiger partial charge in [-0.15, -0.1) is 0 Å². The fourth-order valence-corrected chi connectivity index (χ4v) is 4.82. The zero-order chi connectivity index (χ0) is 20.2. The van der Waals surface area contributed by atoms with Crippen LogP contribution in [-0.4, -0.2) is 48.9 Å². The molecule has 1 saturated carbocycles. The van der Waals surface area contributed by atoms with E-state index in [1.54, 1.807) is 9.42 Å². The first-order valence-corrected chi connectivity index (χ1v) is 10.5. The van der Waals surface area contributed by atoms with Crippen LogP contribution in [0.4, 0.5) is 4.39 Å². The Balaban J connectivity index is 1.47. The van der Waals surface area contributed by atoms with Gasteiger partial charge in [-0.25, -0.2) is 13.9 Å². The van der Waals surface area contributed by atoms with Crippen LogP contribution in [0.25, 0.3) is 5.78 Å². The maximum atomic E-state index is 15.3. The van der Waals surface area contributed by atoms with Gasteiger partial charge in [-0.05, 0) is 55.9 Å². The first kappa shape index (κ1) is 18.6. The number of benzene rings is 1. The predicted molar refractivity (Wildman–Crippen MR) is 111 cm³/mol. The van der Waals surface area contributed by atoms with Gasteiger partial charge in [-0.3, -0.25) is 4.79 Å². The van der Waals surface area contributed by atoms with E-state index in [1.165, 1.54) is 24.7 Å². The van der Waals surface area contributed by atoms with Crippen molar-refractivity contribution < 1.29 is 9.18 Å². The van der Waals surface area contributed by atoms with Gasteiger partial charge in [-0.2, -0.15) is 10.1 Å². The summed E-state index contributed by atoms with van der Waals surface area (Å²) in [5, 5.41) is 2.70. The van der Waals surface area contributed by atoms with Gasteiger partial charge in [-0.1, -0.05) is 21.4 Å². The predicted octanol–water partition coefficient (Wildman–Crippen LogP) is 3.48. The van der Waals surface area contributed by atoms with E-state index >= 15 is 4.39 Å². The minimum absolute atomic E-state index is 0.0607. The number of aromatic nitrogens is 4. The summed E-state index contributed by atoms with van der Waals surface area (Å²) in [6.07, 6.45) is 4.10. The molecular weight excluding hydrogens is 388 g/mol. The van der Waals surface area contributed by atoms with Crippen molar-refractivity contribution in [3.05, 3.63) is 59.2 Å². The number of carbonyl (C=O) groups excluding carboxylic acids is 1. The second-order valence-electron chi connectivity index (χ2n) is 8.32. The van der Waals surface area contributed by atoms with Crippen LogP contribution in [0.5, 0.6) is 0 Å². The molecule has 2 fully saturated rings. The number of halogens is 1. The van der Waals surface area contributed by atoms with Crippen LogP contribution in [0.3, 0.4) is 0 Å². The van der Waals surface area contributed by atoms with E-state index in [0.717, 1.165) is 11.4 Å². The Labute approximate surface area is 170 Å². The van der Waals surface area contributed by atoms with Crippen molar-refractivity contribution in [3.63, 3.8) is 0 Å². The number of hydrogen-bond acceptors (Lipinski definition) is 4. The van der Waals surface area contributed by atoms with E-state index in [-0.39, 0.29) is 18.4 Å². The lowest BCUT2D eigenvalue weighted by Crippen LogP contribution is -2.48. The van der Waals surface area contributed by atoms with Gasteiger partial charge >= 0.3 is 0 Å². The summed E-state index contributed by atoms with van der Waals surface area (Å²) in [5.74, 6) is 0.739. The van der Waals surface area contributed by atoms with Gasteiger partial charge in [0.15, 0.2) is 0 Å². The summed E-state index contributed by atoms with van der Waals surface area (Å²) in [6, 6.07) is 9.71. The quantitative estimate of drug-likeness (QED) is 0.619. The molecule has 150 valence electrons. The molecule has 1 aromatic carbocycles. The van der Waals surface area contributed by atoms with Crippen LogP contribution in [0.1, 0.15) is 58.4 Å². The van der Waals surface area contributed by atoms with Crippen LogP contribution < -0.4 is 0 Å². The number of nitrogens with zero attached hydrogens (tertiary/aromatic N) is 5. The first-order chi connectivity index (χ1) is 13.9. The molecule has 29 heavy (non-hydrogen) atoms. The molecule has 0 spiro atoms. The topological polar surface area (TPSA) is 63.4 Å². The minimum atomic E-state index is -1.56. The maximum Gasteiger partial charge on any atom is 0.254 e. The normalized spacial score (nSPS) is 24.8. The highest BCUT2D eigenvalue weighted by Crippen LogP contribution is 2.41. The van der Waals surface area contributed by atoms with E-state index < -0.39 is 5.41 Å². The Kier molecular flexibility index (Phi) is 4.39. The van der Waals surface area contributed by atoms with Gasteiger partial charge < -0.3 is 4.90 Å². The fourth-order valence-electron chi connectivity index (χ4n) is 4.31. The number of alkyl halides is 1. The fraction of sp³-hybridized carbons (Fsp3) is 0.429. The molecule has 2 aromatic heterocycles. The van der Waals surface area contributed by atoms with Gasteiger partial charge in [0.25, 0.3) is 11.7 Å². The molecule has 0 bridgehead atoms. The number of amides is 1. The number of fused-ring (bicyclic) bond motifs is 1. The molecule has 0 N–H and O–H groups in total. The highest BCUT2D eigenvalue weighted by Gasteiger charge is 2.40. The van der Waals surface area contributed by atoms with E-state index in [1.807, 2.05) is 31.2 Å². The second-order valence-corrected chi connectivity index (χ2v) is 9.35. The van der Waals surface area contributed by atoms with Crippen molar-refractivity contribution in [2.75, 3.05) is 13.1 Å². The lowest BCUT2D eigenvalue weighted by molar-refractivity contribution is 0.0543. The number of aryl methyl sites for hydroxylation is 1. The van der Waals surface area contributed by atoms with Gasteiger partial charge in [0.2, 0.25) is 0 Å². The molecule has 6 nitrogen and oxygen atoms in total. The van der Waals surface area contributed by atoms with Gasteiger partial charge in [0, 0.05) is 23.7 Å². The highest BCUT2D eigenvalue weighted by atomic mass is 31.0. The Morgan fingerprint density at radius 2 is 2.10 bits per heavy atom. The molecule has 2 unspecified atom stereocenters. The molecule has 1 amide bonds. The molecule has 3 aromatic rings. The molecule has 3 heterocycles.